The molecule has 0 atom stereocenters. The lowest BCUT2D eigenvalue weighted by Gasteiger charge is -2.26. The van der Waals surface area contributed by atoms with Gasteiger partial charge in [0.2, 0.25) is 0 Å². The number of benzene rings is 1. The van der Waals surface area contributed by atoms with E-state index in [4.69, 9.17) is 5.11 Å². The highest BCUT2D eigenvalue weighted by Gasteiger charge is 2.24. The highest BCUT2D eigenvalue weighted by atomic mass is 16.6. The van der Waals surface area contributed by atoms with Crippen LogP contribution in [0.5, 0.6) is 0 Å². The molecule has 0 unspecified atom stereocenters. The number of aromatic carboxylic acids is 1. The van der Waals surface area contributed by atoms with E-state index in [1.165, 1.54) is 25.0 Å². The molecule has 0 amide bonds. The lowest BCUT2D eigenvalue weighted by molar-refractivity contribution is -0.385. The quantitative estimate of drug-likeness (QED) is 0.667. The molecule has 6 nitrogen and oxygen atoms in total. The van der Waals surface area contributed by atoms with E-state index in [2.05, 4.69) is 0 Å². The number of hydrogen-bond acceptors (Lipinski definition) is 4. The maximum absolute atomic E-state index is 11.1. The van der Waals surface area contributed by atoms with E-state index in [0.29, 0.717) is 6.04 Å². The number of carboxylic acids is 1. The average molecular weight is 264 g/mol. The van der Waals surface area contributed by atoms with Crippen LogP contribution in [0.25, 0.3) is 0 Å². The first kappa shape index (κ1) is 13.3. The molecule has 0 aliphatic heterocycles. The SMILES string of the molecule is CN(c1ccc([N+](=O)[O-])c(C(=O)O)c1)C1CCCC1. The maximum atomic E-state index is 11.1. The Hall–Kier alpha value is -2.11. The van der Waals surface area contributed by atoms with E-state index in [0.717, 1.165) is 18.5 Å². The number of carboxylic acid groups (broad SMARTS) is 1. The van der Waals surface area contributed by atoms with Crippen molar-refractivity contribution in [2.45, 2.75) is 31.7 Å². The van der Waals surface area contributed by atoms with Crippen molar-refractivity contribution in [3.05, 3.63) is 33.9 Å². The summed E-state index contributed by atoms with van der Waals surface area (Å²) in [6.45, 7) is 0. The zero-order valence-corrected chi connectivity index (χ0v) is 10.7. The van der Waals surface area contributed by atoms with Crippen LogP contribution in [0.1, 0.15) is 36.0 Å². The largest absolute Gasteiger partial charge is 0.477 e. The van der Waals surface area contributed by atoms with Crippen molar-refractivity contribution in [2.24, 2.45) is 0 Å². The van der Waals surface area contributed by atoms with Gasteiger partial charge in [-0.1, -0.05) is 12.8 Å². The fraction of sp³-hybridized carbons (Fsp3) is 0.462. The van der Waals surface area contributed by atoms with Crippen LogP contribution < -0.4 is 4.90 Å². The smallest absolute Gasteiger partial charge is 0.342 e. The van der Waals surface area contributed by atoms with Gasteiger partial charge in [0.1, 0.15) is 5.56 Å². The van der Waals surface area contributed by atoms with Crippen molar-refractivity contribution < 1.29 is 14.8 Å². The number of hydrogen-bond donors (Lipinski definition) is 1. The third kappa shape index (κ3) is 2.67. The zero-order valence-electron chi connectivity index (χ0n) is 10.7. The molecule has 0 bridgehead atoms. The predicted octanol–water partition coefficient (Wildman–Crippen LogP) is 2.67. The molecule has 1 aliphatic rings. The van der Waals surface area contributed by atoms with Crippen LogP contribution in [-0.2, 0) is 0 Å². The van der Waals surface area contributed by atoms with Crippen molar-refractivity contribution in [3.63, 3.8) is 0 Å². The first-order valence-electron chi connectivity index (χ1n) is 6.25. The normalized spacial score (nSPS) is 15.4. The molecular formula is C13H16N2O4. The van der Waals surface area contributed by atoms with Crippen LogP contribution in [0, 0.1) is 10.1 Å². The van der Waals surface area contributed by atoms with Crippen LogP contribution >= 0.6 is 0 Å². The molecule has 1 fully saturated rings. The maximum Gasteiger partial charge on any atom is 0.342 e. The Morgan fingerprint density at radius 3 is 2.58 bits per heavy atom. The Balaban J connectivity index is 2.34. The molecule has 2 rings (SSSR count). The van der Waals surface area contributed by atoms with Gasteiger partial charge in [0.25, 0.3) is 5.69 Å². The van der Waals surface area contributed by atoms with Gasteiger partial charge in [0.15, 0.2) is 0 Å². The monoisotopic (exact) mass is 264 g/mol. The number of anilines is 1. The van der Waals surface area contributed by atoms with Gasteiger partial charge in [0.05, 0.1) is 4.92 Å². The molecule has 1 N–H and O–H groups in total. The first-order valence-corrected chi connectivity index (χ1v) is 6.25. The van der Waals surface area contributed by atoms with Crippen LogP contribution in [0.2, 0.25) is 0 Å². The fourth-order valence-electron chi connectivity index (χ4n) is 2.58. The zero-order chi connectivity index (χ0) is 14.0. The standard InChI is InChI=1S/C13H16N2O4/c1-14(9-4-2-3-5-9)10-6-7-12(15(18)19)11(8-10)13(16)17/h6-9H,2-5H2,1H3,(H,16,17). The number of nitro groups is 1. The Morgan fingerprint density at radius 2 is 2.05 bits per heavy atom. The highest BCUT2D eigenvalue weighted by Crippen LogP contribution is 2.30. The van der Waals surface area contributed by atoms with Crippen LogP contribution in [0.4, 0.5) is 11.4 Å². The van der Waals surface area contributed by atoms with Gasteiger partial charge in [-0.05, 0) is 25.0 Å². The Kier molecular flexibility index (Phi) is 3.69. The van der Waals surface area contributed by atoms with E-state index in [1.54, 1.807) is 6.07 Å². The molecule has 0 heterocycles. The van der Waals surface area contributed by atoms with Gasteiger partial charge >= 0.3 is 5.97 Å². The number of nitro benzene ring substituents is 1. The van der Waals surface area contributed by atoms with Crippen LogP contribution in [0.3, 0.4) is 0 Å². The predicted molar refractivity (Wildman–Crippen MR) is 70.7 cm³/mol. The van der Waals surface area contributed by atoms with E-state index < -0.39 is 10.9 Å². The summed E-state index contributed by atoms with van der Waals surface area (Å²) in [6, 6.07) is 4.66. The van der Waals surface area contributed by atoms with Crippen molar-refractivity contribution in [2.75, 3.05) is 11.9 Å². The Morgan fingerprint density at radius 1 is 1.42 bits per heavy atom. The van der Waals surface area contributed by atoms with E-state index in [-0.39, 0.29) is 11.3 Å². The Bertz CT molecular complexity index is 509. The van der Waals surface area contributed by atoms with E-state index in [1.807, 2.05) is 11.9 Å². The number of carbonyl (C=O) groups is 1. The summed E-state index contributed by atoms with van der Waals surface area (Å²) >= 11 is 0. The minimum atomic E-state index is -1.27. The molecule has 1 aromatic carbocycles. The van der Waals surface area contributed by atoms with Gasteiger partial charge in [-0.3, -0.25) is 10.1 Å². The van der Waals surface area contributed by atoms with Gasteiger partial charge in [-0.2, -0.15) is 0 Å². The van der Waals surface area contributed by atoms with Gasteiger partial charge in [0, 0.05) is 24.8 Å². The van der Waals surface area contributed by atoms with Crippen molar-refractivity contribution >= 4 is 17.3 Å². The molecule has 102 valence electrons. The lowest BCUT2D eigenvalue weighted by Crippen LogP contribution is -2.28. The Labute approximate surface area is 110 Å². The molecule has 6 heteroatoms. The molecular weight excluding hydrogens is 248 g/mol. The molecule has 1 aliphatic carbocycles. The molecule has 0 spiro atoms. The van der Waals surface area contributed by atoms with Crippen molar-refractivity contribution in [3.8, 4) is 0 Å². The minimum Gasteiger partial charge on any atom is -0.477 e. The molecule has 0 saturated heterocycles. The minimum absolute atomic E-state index is 0.257. The molecule has 0 radical (unpaired) electrons. The van der Waals surface area contributed by atoms with E-state index >= 15 is 0 Å². The highest BCUT2D eigenvalue weighted by molar-refractivity contribution is 5.93. The fourth-order valence-corrected chi connectivity index (χ4v) is 2.58. The van der Waals surface area contributed by atoms with Crippen molar-refractivity contribution in [1.82, 2.24) is 0 Å². The molecule has 1 aromatic rings. The van der Waals surface area contributed by atoms with Gasteiger partial charge < -0.3 is 10.0 Å². The third-order valence-electron chi connectivity index (χ3n) is 3.69. The summed E-state index contributed by atoms with van der Waals surface area (Å²) in [5.41, 5.74) is 0.0957. The second-order valence-electron chi connectivity index (χ2n) is 4.81. The van der Waals surface area contributed by atoms with Crippen molar-refractivity contribution in [1.29, 1.82) is 0 Å². The topological polar surface area (TPSA) is 83.7 Å². The summed E-state index contributed by atoms with van der Waals surface area (Å²) in [4.78, 5) is 23.2. The third-order valence-corrected chi connectivity index (χ3v) is 3.69. The lowest BCUT2D eigenvalue weighted by atomic mass is 10.1. The number of nitrogens with zero attached hydrogens (tertiary/aromatic N) is 2. The molecule has 19 heavy (non-hydrogen) atoms. The van der Waals surface area contributed by atoms with Crippen LogP contribution in [-0.4, -0.2) is 29.1 Å². The summed E-state index contributed by atoms with van der Waals surface area (Å²) in [7, 11) is 1.91. The summed E-state index contributed by atoms with van der Waals surface area (Å²) < 4.78 is 0. The summed E-state index contributed by atoms with van der Waals surface area (Å²) in [5, 5.41) is 19.9. The van der Waals surface area contributed by atoms with Gasteiger partial charge in [-0.25, -0.2) is 4.79 Å². The van der Waals surface area contributed by atoms with Gasteiger partial charge in [-0.15, -0.1) is 0 Å². The second kappa shape index (κ2) is 5.26. The van der Waals surface area contributed by atoms with E-state index in [9.17, 15) is 14.9 Å². The summed E-state index contributed by atoms with van der Waals surface area (Å²) in [6.07, 6.45) is 4.51. The first-order chi connectivity index (χ1) is 9.00. The van der Waals surface area contributed by atoms with Crippen LogP contribution in [0.15, 0.2) is 18.2 Å². The summed E-state index contributed by atoms with van der Waals surface area (Å²) in [5.74, 6) is -1.27. The number of rotatable bonds is 4. The molecule has 1 saturated carbocycles. The second-order valence-corrected chi connectivity index (χ2v) is 4.81. The molecule has 0 aromatic heterocycles. The average Bonchev–Trinajstić information content (AvgIpc) is 2.90.